The van der Waals surface area contributed by atoms with Crippen LogP contribution in [0.25, 0.3) is 0 Å². The van der Waals surface area contributed by atoms with E-state index in [1.807, 2.05) is 0 Å². The fourth-order valence-electron chi connectivity index (χ4n) is 1.69. The molecule has 0 rings (SSSR count). The summed E-state index contributed by atoms with van der Waals surface area (Å²) in [5.41, 5.74) is 0. The van der Waals surface area contributed by atoms with E-state index in [0.29, 0.717) is 0 Å². The van der Waals surface area contributed by atoms with Crippen LogP contribution < -0.4 is 6.15 Å². The van der Waals surface area contributed by atoms with Gasteiger partial charge in [-0.15, -0.1) is 12.4 Å². The Morgan fingerprint density at radius 3 is 1.80 bits per heavy atom. The Morgan fingerprint density at radius 1 is 1.00 bits per heavy atom. The Kier molecular flexibility index (Phi) is 22.3. The molecule has 94 valence electrons. The minimum atomic E-state index is 0. The lowest BCUT2D eigenvalue weighted by atomic mass is 9.93. The second kappa shape index (κ2) is 16.4. The van der Waals surface area contributed by atoms with Crippen LogP contribution in [0.3, 0.4) is 0 Å². The predicted molar refractivity (Wildman–Crippen MR) is 74.2 cm³/mol. The average Bonchev–Trinajstić information content (AvgIpc) is 2.17. The third-order valence-electron chi connectivity index (χ3n) is 2.64. The summed E-state index contributed by atoms with van der Waals surface area (Å²) in [5, 5.41) is 0. The van der Waals surface area contributed by atoms with E-state index >= 15 is 0 Å². The molecular formula is C13H30ClN. The Morgan fingerprint density at radius 2 is 1.47 bits per heavy atom. The Bertz CT molecular complexity index is 116. The summed E-state index contributed by atoms with van der Waals surface area (Å²) < 4.78 is 0. The van der Waals surface area contributed by atoms with Gasteiger partial charge in [0.1, 0.15) is 0 Å². The molecule has 0 aliphatic carbocycles. The summed E-state index contributed by atoms with van der Waals surface area (Å²) >= 11 is 0. The monoisotopic (exact) mass is 235 g/mol. The molecule has 0 saturated carbocycles. The molecule has 0 aliphatic rings. The topological polar surface area (TPSA) is 35.0 Å². The highest BCUT2D eigenvalue weighted by atomic mass is 35.5. The maximum Gasteiger partial charge on any atom is -0.0322 e. The molecule has 0 aliphatic heterocycles. The van der Waals surface area contributed by atoms with Gasteiger partial charge in [0.25, 0.3) is 0 Å². The molecule has 0 aromatic carbocycles. The van der Waals surface area contributed by atoms with E-state index in [1.54, 1.807) is 0 Å². The van der Waals surface area contributed by atoms with Crippen molar-refractivity contribution >= 4 is 12.4 Å². The number of hydrogen-bond donors (Lipinski definition) is 1. The van der Waals surface area contributed by atoms with Gasteiger partial charge in [0.15, 0.2) is 0 Å². The maximum atomic E-state index is 2.33. The van der Waals surface area contributed by atoms with E-state index in [1.165, 1.54) is 44.9 Å². The summed E-state index contributed by atoms with van der Waals surface area (Å²) in [6.45, 7) is 6.69. The van der Waals surface area contributed by atoms with Gasteiger partial charge < -0.3 is 6.15 Å². The van der Waals surface area contributed by atoms with E-state index in [4.69, 9.17) is 0 Å². The molecule has 0 saturated heterocycles. The van der Waals surface area contributed by atoms with Crippen LogP contribution in [0, 0.1) is 5.92 Å². The van der Waals surface area contributed by atoms with Gasteiger partial charge in [0.2, 0.25) is 0 Å². The highest BCUT2D eigenvalue weighted by molar-refractivity contribution is 5.85. The van der Waals surface area contributed by atoms with Crippen molar-refractivity contribution in [3.8, 4) is 0 Å². The molecule has 15 heavy (non-hydrogen) atoms. The van der Waals surface area contributed by atoms with Gasteiger partial charge in [-0.1, -0.05) is 64.5 Å². The fourth-order valence-corrected chi connectivity index (χ4v) is 1.69. The summed E-state index contributed by atoms with van der Waals surface area (Å²) in [4.78, 5) is 0. The van der Waals surface area contributed by atoms with Crippen LogP contribution in [0.1, 0.15) is 65.7 Å². The highest BCUT2D eigenvalue weighted by Crippen LogP contribution is 2.19. The number of halogens is 1. The quantitative estimate of drug-likeness (QED) is 0.552. The zero-order chi connectivity index (χ0) is 9.94. The van der Waals surface area contributed by atoms with Crippen LogP contribution >= 0.6 is 12.4 Å². The van der Waals surface area contributed by atoms with E-state index in [0.717, 1.165) is 5.92 Å². The fraction of sp³-hybridized carbons (Fsp3) is 0.846. The number of allylic oxidation sites excluding steroid dienone is 2. The number of rotatable bonds is 8. The molecule has 3 N–H and O–H groups in total. The minimum absolute atomic E-state index is 0. The summed E-state index contributed by atoms with van der Waals surface area (Å²) in [6, 6.07) is 0. The van der Waals surface area contributed by atoms with Gasteiger partial charge in [0, 0.05) is 0 Å². The lowest BCUT2D eigenvalue weighted by Crippen LogP contribution is -1.98. The van der Waals surface area contributed by atoms with Gasteiger partial charge >= 0.3 is 0 Å². The molecular weight excluding hydrogens is 206 g/mol. The van der Waals surface area contributed by atoms with Crippen molar-refractivity contribution < 1.29 is 0 Å². The van der Waals surface area contributed by atoms with Crippen LogP contribution in [0.2, 0.25) is 0 Å². The molecule has 0 bridgehead atoms. The largest absolute Gasteiger partial charge is 0.344 e. The van der Waals surface area contributed by atoms with Crippen molar-refractivity contribution in [2.75, 3.05) is 0 Å². The Balaban J connectivity index is -0.000000720. The lowest BCUT2D eigenvalue weighted by molar-refractivity contribution is 0.423. The van der Waals surface area contributed by atoms with E-state index in [2.05, 4.69) is 32.9 Å². The highest BCUT2D eigenvalue weighted by Gasteiger charge is 2.04. The summed E-state index contributed by atoms with van der Waals surface area (Å²) in [7, 11) is 0. The Hall–Kier alpha value is -0.0100. The molecule has 0 aromatic heterocycles. The van der Waals surface area contributed by atoms with Crippen molar-refractivity contribution in [1.82, 2.24) is 6.15 Å². The van der Waals surface area contributed by atoms with Gasteiger partial charge in [-0.2, -0.15) is 0 Å². The predicted octanol–water partition coefficient (Wildman–Crippen LogP) is 5.53. The normalized spacial score (nSPS) is 10.1. The van der Waals surface area contributed by atoms with E-state index in [-0.39, 0.29) is 18.6 Å². The van der Waals surface area contributed by atoms with Gasteiger partial charge in [-0.3, -0.25) is 0 Å². The molecule has 0 heterocycles. The second-order valence-electron chi connectivity index (χ2n) is 3.96. The molecule has 0 atom stereocenters. The summed E-state index contributed by atoms with van der Waals surface area (Å²) in [6.07, 6.45) is 14.2. The molecule has 0 spiro atoms. The zero-order valence-corrected chi connectivity index (χ0v) is 11.6. The molecule has 0 unspecified atom stereocenters. The third kappa shape index (κ3) is 14.0. The standard InChI is InChI=1S/C13H26.ClH.H3N/c1-4-7-10-13(11-8-5-2)12-9-6-3;;/h4,7,13H,5-6,8-12H2,1-3H3;1H;1H3. The molecule has 0 radical (unpaired) electrons. The van der Waals surface area contributed by atoms with Crippen molar-refractivity contribution in [2.24, 2.45) is 5.92 Å². The van der Waals surface area contributed by atoms with Crippen molar-refractivity contribution in [1.29, 1.82) is 0 Å². The van der Waals surface area contributed by atoms with Crippen molar-refractivity contribution in [3.05, 3.63) is 12.2 Å². The molecule has 0 fully saturated rings. The first kappa shape index (κ1) is 20.4. The first-order valence-electron chi connectivity index (χ1n) is 5.96. The van der Waals surface area contributed by atoms with Crippen LogP contribution in [0.5, 0.6) is 0 Å². The number of hydrogen-bond acceptors (Lipinski definition) is 1. The molecule has 1 nitrogen and oxygen atoms in total. The van der Waals surface area contributed by atoms with Gasteiger partial charge in [0.05, 0.1) is 0 Å². The first-order valence-corrected chi connectivity index (χ1v) is 5.96. The third-order valence-corrected chi connectivity index (χ3v) is 2.64. The van der Waals surface area contributed by atoms with Crippen molar-refractivity contribution in [2.45, 2.75) is 65.7 Å². The summed E-state index contributed by atoms with van der Waals surface area (Å²) in [5.74, 6) is 0.955. The lowest BCUT2D eigenvalue weighted by Gasteiger charge is -2.13. The molecule has 2 heteroatoms. The minimum Gasteiger partial charge on any atom is -0.344 e. The van der Waals surface area contributed by atoms with Crippen LogP contribution in [0.15, 0.2) is 12.2 Å². The van der Waals surface area contributed by atoms with Gasteiger partial charge in [-0.25, -0.2) is 0 Å². The molecule has 0 aromatic rings. The van der Waals surface area contributed by atoms with E-state index < -0.39 is 0 Å². The van der Waals surface area contributed by atoms with Crippen LogP contribution in [0.4, 0.5) is 0 Å². The zero-order valence-electron chi connectivity index (χ0n) is 10.8. The SMILES string of the molecule is CC=CCC(CCCC)CCCC.Cl.N. The van der Waals surface area contributed by atoms with Crippen LogP contribution in [-0.4, -0.2) is 0 Å². The maximum absolute atomic E-state index is 2.33. The Labute approximate surface area is 103 Å². The average molecular weight is 236 g/mol. The smallest absolute Gasteiger partial charge is 0.0322 e. The first-order chi connectivity index (χ1) is 6.35. The van der Waals surface area contributed by atoms with Crippen LogP contribution in [-0.2, 0) is 0 Å². The number of unbranched alkanes of at least 4 members (excludes halogenated alkanes) is 2. The van der Waals surface area contributed by atoms with Crippen molar-refractivity contribution in [3.63, 3.8) is 0 Å². The van der Waals surface area contributed by atoms with E-state index in [9.17, 15) is 0 Å². The second-order valence-corrected chi connectivity index (χ2v) is 3.96. The molecule has 0 amide bonds. The van der Waals surface area contributed by atoms with Gasteiger partial charge in [-0.05, 0) is 19.3 Å².